The molecule has 3 heterocycles. The lowest BCUT2D eigenvalue weighted by Crippen LogP contribution is -2.36. The normalized spacial score (nSPS) is 15.0. The fourth-order valence-corrected chi connectivity index (χ4v) is 2.73. The number of morpholine rings is 1. The van der Waals surface area contributed by atoms with Gasteiger partial charge in [-0.25, -0.2) is 15.0 Å². The van der Waals surface area contributed by atoms with Crippen molar-refractivity contribution in [1.82, 2.24) is 19.9 Å². The van der Waals surface area contributed by atoms with Crippen LogP contribution in [0.2, 0.25) is 0 Å². The van der Waals surface area contributed by atoms with E-state index in [0.717, 1.165) is 37.6 Å². The quantitative estimate of drug-likeness (QED) is 0.765. The molecule has 2 aromatic heterocycles. The third-order valence-corrected chi connectivity index (χ3v) is 4.00. The van der Waals surface area contributed by atoms with Crippen LogP contribution in [0.4, 0.5) is 11.5 Å². The number of benzene rings is 1. The average Bonchev–Trinajstić information content (AvgIpc) is 3.10. The number of nitrogens with zero attached hydrogens (tertiary/aromatic N) is 4. The van der Waals surface area contributed by atoms with Gasteiger partial charge in [-0.3, -0.25) is 0 Å². The maximum atomic E-state index is 5.39. The fraction of sp³-hybridized carbons (Fsp3) is 0.312. The van der Waals surface area contributed by atoms with Crippen LogP contribution in [-0.2, 0) is 11.3 Å². The summed E-state index contributed by atoms with van der Waals surface area (Å²) in [7, 11) is 0. The second-order valence-corrected chi connectivity index (χ2v) is 5.44. The molecule has 0 saturated carbocycles. The molecule has 0 unspecified atom stereocenters. The van der Waals surface area contributed by atoms with Crippen LogP contribution in [0.15, 0.2) is 36.9 Å². The highest BCUT2D eigenvalue weighted by atomic mass is 16.5. The molecule has 0 bridgehead atoms. The summed E-state index contributed by atoms with van der Waals surface area (Å²) in [6, 6.07) is 8.61. The number of nitrogens with one attached hydrogen (secondary N) is 2. The van der Waals surface area contributed by atoms with E-state index in [1.165, 1.54) is 17.6 Å². The predicted octanol–water partition coefficient (Wildman–Crippen LogP) is 1.80. The van der Waals surface area contributed by atoms with Crippen molar-refractivity contribution in [2.45, 2.75) is 6.54 Å². The topological polar surface area (TPSA) is 79.0 Å². The molecule has 0 amide bonds. The molecular formula is C16H18N6O. The summed E-state index contributed by atoms with van der Waals surface area (Å²) in [5.41, 5.74) is 3.95. The van der Waals surface area contributed by atoms with Crippen LogP contribution in [0.1, 0.15) is 5.56 Å². The standard InChI is InChI=1S/C16H18N6O/c1-3-13(22-5-7-23-8-6-22)4-2-12(1)9-17-15-14-16(19-10-18-14)21-11-20-15/h1-4,10-11H,5-9H2,(H2,17,18,19,20,21). The minimum atomic E-state index is 0.671. The maximum Gasteiger partial charge on any atom is 0.182 e. The number of aromatic nitrogens is 4. The molecule has 7 heteroatoms. The zero-order valence-electron chi connectivity index (χ0n) is 12.7. The van der Waals surface area contributed by atoms with Crippen molar-refractivity contribution in [1.29, 1.82) is 0 Å². The van der Waals surface area contributed by atoms with Crippen LogP contribution >= 0.6 is 0 Å². The summed E-state index contributed by atoms with van der Waals surface area (Å²) in [4.78, 5) is 17.9. The second-order valence-electron chi connectivity index (χ2n) is 5.44. The third kappa shape index (κ3) is 2.95. The van der Waals surface area contributed by atoms with Crippen LogP contribution < -0.4 is 10.2 Å². The molecule has 1 aliphatic rings. The van der Waals surface area contributed by atoms with Crippen molar-refractivity contribution >= 4 is 22.7 Å². The van der Waals surface area contributed by atoms with Gasteiger partial charge in [0.15, 0.2) is 11.5 Å². The monoisotopic (exact) mass is 310 g/mol. The summed E-state index contributed by atoms with van der Waals surface area (Å²) in [5, 5.41) is 3.33. The second kappa shape index (κ2) is 6.21. The highest BCUT2D eigenvalue weighted by molar-refractivity contribution is 5.81. The Hall–Kier alpha value is -2.67. The van der Waals surface area contributed by atoms with Gasteiger partial charge < -0.3 is 19.9 Å². The first-order chi connectivity index (χ1) is 11.4. The van der Waals surface area contributed by atoms with E-state index in [4.69, 9.17) is 4.74 Å². The van der Waals surface area contributed by atoms with Crippen molar-refractivity contribution in [3.05, 3.63) is 42.5 Å². The predicted molar refractivity (Wildman–Crippen MR) is 88.5 cm³/mol. The number of fused-ring (bicyclic) bond motifs is 1. The molecule has 1 aliphatic heterocycles. The highest BCUT2D eigenvalue weighted by Crippen LogP contribution is 2.19. The number of ether oxygens (including phenoxy) is 1. The number of hydrogen-bond donors (Lipinski definition) is 2. The van der Waals surface area contributed by atoms with E-state index in [2.05, 4.69) is 54.4 Å². The van der Waals surface area contributed by atoms with Gasteiger partial charge in [0.1, 0.15) is 11.8 Å². The number of imidazole rings is 1. The molecule has 1 aromatic carbocycles. The van der Waals surface area contributed by atoms with Gasteiger partial charge in [-0.1, -0.05) is 12.1 Å². The molecule has 23 heavy (non-hydrogen) atoms. The van der Waals surface area contributed by atoms with E-state index in [1.807, 2.05) is 0 Å². The lowest BCUT2D eigenvalue weighted by molar-refractivity contribution is 0.122. The van der Waals surface area contributed by atoms with Gasteiger partial charge in [-0.05, 0) is 17.7 Å². The van der Waals surface area contributed by atoms with Gasteiger partial charge in [0, 0.05) is 25.3 Å². The Morgan fingerprint density at radius 1 is 1.09 bits per heavy atom. The van der Waals surface area contributed by atoms with E-state index >= 15 is 0 Å². The molecular weight excluding hydrogens is 292 g/mol. The molecule has 3 aromatic rings. The summed E-state index contributed by atoms with van der Waals surface area (Å²) in [6.07, 6.45) is 3.15. The molecule has 0 spiro atoms. The van der Waals surface area contributed by atoms with Gasteiger partial charge in [-0.2, -0.15) is 0 Å². The first-order valence-electron chi connectivity index (χ1n) is 7.70. The molecule has 0 atom stereocenters. The van der Waals surface area contributed by atoms with Crippen molar-refractivity contribution in [3.8, 4) is 0 Å². The molecule has 2 N–H and O–H groups in total. The average molecular weight is 310 g/mol. The Morgan fingerprint density at radius 2 is 1.91 bits per heavy atom. The van der Waals surface area contributed by atoms with Crippen molar-refractivity contribution in [2.24, 2.45) is 0 Å². The first kappa shape index (κ1) is 14.0. The van der Waals surface area contributed by atoms with E-state index in [0.29, 0.717) is 12.2 Å². The van der Waals surface area contributed by atoms with Gasteiger partial charge in [0.25, 0.3) is 0 Å². The van der Waals surface area contributed by atoms with Gasteiger partial charge in [0.05, 0.1) is 19.5 Å². The largest absolute Gasteiger partial charge is 0.378 e. The Bertz CT molecular complexity index is 779. The highest BCUT2D eigenvalue weighted by Gasteiger charge is 2.11. The molecule has 7 nitrogen and oxygen atoms in total. The fourth-order valence-electron chi connectivity index (χ4n) is 2.73. The van der Waals surface area contributed by atoms with E-state index in [9.17, 15) is 0 Å². The van der Waals surface area contributed by atoms with E-state index < -0.39 is 0 Å². The van der Waals surface area contributed by atoms with Crippen LogP contribution in [-0.4, -0.2) is 46.2 Å². The lowest BCUT2D eigenvalue weighted by atomic mass is 10.2. The molecule has 4 rings (SSSR count). The number of hydrogen-bond acceptors (Lipinski definition) is 6. The lowest BCUT2D eigenvalue weighted by Gasteiger charge is -2.28. The molecule has 1 fully saturated rings. The van der Waals surface area contributed by atoms with Crippen molar-refractivity contribution < 1.29 is 4.74 Å². The Morgan fingerprint density at radius 3 is 2.74 bits per heavy atom. The molecule has 0 aliphatic carbocycles. The van der Waals surface area contributed by atoms with Crippen molar-refractivity contribution in [3.63, 3.8) is 0 Å². The SMILES string of the molecule is c1nc(NCc2ccc(N3CCOCC3)cc2)c2[nH]cnc2n1. The number of rotatable bonds is 4. The van der Waals surface area contributed by atoms with Gasteiger partial charge >= 0.3 is 0 Å². The van der Waals surface area contributed by atoms with E-state index in [1.54, 1.807) is 6.33 Å². The summed E-state index contributed by atoms with van der Waals surface area (Å²) >= 11 is 0. The van der Waals surface area contributed by atoms with Crippen LogP contribution in [0.3, 0.4) is 0 Å². The van der Waals surface area contributed by atoms with Crippen LogP contribution in [0.5, 0.6) is 0 Å². The number of aromatic amines is 1. The van der Waals surface area contributed by atoms with Crippen molar-refractivity contribution in [2.75, 3.05) is 36.5 Å². The minimum absolute atomic E-state index is 0.671. The molecule has 118 valence electrons. The number of H-pyrrole nitrogens is 1. The maximum absolute atomic E-state index is 5.39. The molecule has 1 saturated heterocycles. The Balaban J connectivity index is 1.44. The Labute approximate surface area is 133 Å². The summed E-state index contributed by atoms with van der Waals surface area (Å²) < 4.78 is 5.39. The zero-order chi connectivity index (χ0) is 15.5. The van der Waals surface area contributed by atoms with Gasteiger partial charge in [-0.15, -0.1) is 0 Å². The third-order valence-electron chi connectivity index (χ3n) is 4.00. The summed E-state index contributed by atoms with van der Waals surface area (Å²) in [6.45, 7) is 4.22. The molecule has 0 radical (unpaired) electrons. The number of anilines is 2. The Kier molecular flexibility index (Phi) is 3.77. The van der Waals surface area contributed by atoms with Crippen LogP contribution in [0.25, 0.3) is 11.2 Å². The van der Waals surface area contributed by atoms with Gasteiger partial charge in [0.2, 0.25) is 0 Å². The zero-order valence-corrected chi connectivity index (χ0v) is 12.7. The van der Waals surface area contributed by atoms with Crippen LogP contribution in [0, 0.1) is 0 Å². The summed E-state index contributed by atoms with van der Waals surface area (Å²) in [5.74, 6) is 0.768. The smallest absolute Gasteiger partial charge is 0.182 e. The first-order valence-corrected chi connectivity index (χ1v) is 7.70. The van der Waals surface area contributed by atoms with E-state index in [-0.39, 0.29) is 0 Å². The minimum Gasteiger partial charge on any atom is -0.378 e.